The number of anilines is 1. The Labute approximate surface area is 111 Å². The Morgan fingerprint density at radius 2 is 2.00 bits per heavy atom. The van der Waals surface area contributed by atoms with Crippen LogP contribution in [0.25, 0.3) is 0 Å². The largest absolute Gasteiger partial charge is 0.387 e. The van der Waals surface area contributed by atoms with E-state index < -0.39 is 6.10 Å². The van der Waals surface area contributed by atoms with Crippen LogP contribution >= 0.6 is 32.3 Å². The van der Waals surface area contributed by atoms with Crippen molar-refractivity contribution in [3.05, 3.63) is 50.5 Å². The molecule has 0 spiro atoms. The highest BCUT2D eigenvalue weighted by atomic mass is 35.5. The van der Waals surface area contributed by atoms with Gasteiger partial charge in [0.2, 0.25) is 0 Å². The van der Waals surface area contributed by atoms with Crippen molar-refractivity contribution < 1.29 is 5.11 Å². The molecule has 3 nitrogen and oxygen atoms in total. The second kappa shape index (κ2) is 5.64. The van der Waals surface area contributed by atoms with Gasteiger partial charge in [-0.05, 0) is 15.9 Å². The summed E-state index contributed by atoms with van der Waals surface area (Å²) in [6.07, 6.45) is -0.616. The molecule has 6 heteroatoms. The molecule has 2 aromatic rings. The van der Waals surface area contributed by atoms with Crippen LogP contribution in [0.2, 0.25) is 5.02 Å². The zero-order valence-electron chi connectivity index (χ0n) is 8.72. The molecule has 0 radical (unpaired) electrons. The lowest BCUT2D eigenvalue weighted by molar-refractivity contribution is 0.192. The average Bonchev–Trinajstić information content (AvgIpc) is 2.68. The minimum absolute atomic E-state index is 0.145. The summed E-state index contributed by atoms with van der Waals surface area (Å²) in [6.45, 7) is 0.330. The third-order valence-electron chi connectivity index (χ3n) is 2.22. The normalized spacial score (nSPS) is 12.4. The molecular formula is C11H10ClNO2S2. The summed E-state index contributed by atoms with van der Waals surface area (Å²) in [5, 5.41) is 13.7. The smallest absolute Gasteiger partial charge is 0.263 e. The van der Waals surface area contributed by atoms with E-state index in [-0.39, 0.29) is 9.77 Å². The number of nitrogens with one attached hydrogen (secondary N) is 1. The standard InChI is InChI=1S/C11H10ClNO2S2/c12-9-10(16-17-11(9)15)13-6-8(14)7-4-2-1-3-5-7/h1-5,8,13-14H,6H2. The molecule has 0 aliphatic rings. The molecule has 1 aromatic heterocycles. The highest BCUT2D eigenvalue weighted by Crippen LogP contribution is 2.27. The van der Waals surface area contributed by atoms with Gasteiger partial charge in [0.15, 0.2) is 0 Å². The van der Waals surface area contributed by atoms with Crippen LogP contribution in [0.5, 0.6) is 0 Å². The van der Waals surface area contributed by atoms with Crippen LogP contribution in [0, 0.1) is 0 Å². The number of hydrogen-bond acceptors (Lipinski definition) is 5. The van der Waals surface area contributed by atoms with Gasteiger partial charge in [-0.2, -0.15) is 0 Å². The molecule has 0 amide bonds. The fraction of sp³-hybridized carbons (Fsp3) is 0.182. The van der Waals surface area contributed by atoms with Gasteiger partial charge in [-0.3, -0.25) is 4.79 Å². The molecule has 1 heterocycles. The quantitative estimate of drug-likeness (QED) is 0.850. The molecule has 1 atom stereocenters. The molecule has 0 saturated carbocycles. The minimum atomic E-state index is -0.616. The maximum atomic E-state index is 11.1. The van der Waals surface area contributed by atoms with E-state index in [9.17, 15) is 9.90 Å². The van der Waals surface area contributed by atoms with Gasteiger partial charge in [0.1, 0.15) is 10.0 Å². The second-order valence-electron chi connectivity index (χ2n) is 3.40. The summed E-state index contributed by atoms with van der Waals surface area (Å²) in [7, 11) is 2.38. The predicted molar refractivity (Wildman–Crippen MR) is 73.4 cm³/mol. The Balaban J connectivity index is 1.99. The first-order chi connectivity index (χ1) is 8.18. The van der Waals surface area contributed by atoms with Gasteiger partial charge in [0, 0.05) is 6.54 Å². The zero-order chi connectivity index (χ0) is 12.3. The Kier molecular flexibility index (Phi) is 4.17. The SMILES string of the molecule is O=c1ssc(NCC(O)c2ccccc2)c1Cl. The van der Waals surface area contributed by atoms with E-state index in [4.69, 9.17) is 11.6 Å². The van der Waals surface area contributed by atoms with Crippen molar-refractivity contribution in [2.24, 2.45) is 0 Å². The lowest BCUT2D eigenvalue weighted by atomic mass is 10.1. The van der Waals surface area contributed by atoms with Crippen LogP contribution < -0.4 is 10.1 Å². The van der Waals surface area contributed by atoms with Crippen molar-refractivity contribution in [3.63, 3.8) is 0 Å². The lowest BCUT2D eigenvalue weighted by Gasteiger charge is -2.11. The average molecular weight is 288 g/mol. The van der Waals surface area contributed by atoms with E-state index in [1.54, 1.807) is 0 Å². The maximum absolute atomic E-state index is 11.1. The van der Waals surface area contributed by atoms with Crippen molar-refractivity contribution in [1.82, 2.24) is 0 Å². The van der Waals surface area contributed by atoms with E-state index in [1.807, 2.05) is 30.3 Å². The van der Waals surface area contributed by atoms with E-state index in [1.165, 1.54) is 10.3 Å². The highest BCUT2D eigenvalue weighted by molar-refractivity contribution is 7.70. The molecule has 1 aromatic carbocycles. The molecule has 0 aliphatic heterocycles. The molecule has 17 heavy (non-hydrogen) atoms. The Bertz CT molecular complexity index is 538. The van der Waals surface area contributed by atoms with Crippen molar-refractivity contribution in [3.8, 4) is 0 Å². The van der Waals surface area contributed by atoms with E-state index in [0.29, 0.717) is 11.5 Å². The van der Waals surface area contributed by atoms with E-state index in [0.717, 1.165) is 15.9 Å². The first-order valence-corrected chi connectivity index (χ1v) is 7.47. The molecule has 0 fully saturated rings. The lowest BCUT2D eigenvalue weighted by Crippen LogP contribution is -2.11. The summed E-state index contributed by atoms with van der Waals surface area (Å²) < 4.78 is -0.145. The third kappa shape index (κ3) is 3.07. The topological polar surface area (TPSA) is 49.3 Å². The monoisotopic (exact) mass is 287 g/mol. The zero-order valence-corrected chi connectivity index (χ0v) is 11.1. The molecule has 1 unspecified atom stereocenters. The van der Waals surface area contributed by atoms with Crippen LogP contribution in [0.15, 0.2) is 35.1 Å². The van der Waals surface area contributed by atoms with Gasteiger partial charge >= 0.3 is 0 Å². The van der Waals surface area contributed by atoms with E-state index in [2.05, 4.69) is 5.32 Å². The summed E-state index contributed by atoms with van der Waals surface area (Å²) in [5.74, 6) is 0. The van der Waals surface area contributed by atoms with Crippen molar-refractivity contribution >= 4 is 37.3 Å². The number of hydrogen-bond donors (Lipinski definition) is 2. The fourth-order valence-electron chi connectivity index (χ4n) is 1.33. The third-order valence-corrected chi connectivity index (χ3v) is 4.96. The van der Waals surface area contributed by atoms with Crippen molar-refractivity contribution in [2.75, 3.05) is 11.9 Å². The van der Waals surface area contributed by atoms with Gasteiger partial charge < -0.3 is 10.4 Å². The summed E-state index contributed by atoms with van der Waals surface area (Å²) in [6, 6.07) is 9.34. The summed E-state index contributed by atoms with van der Waals surface area (Å²) >= 11 is 5.80. The number of aliphatic hydroxyl groups is 1. The Morgan fingerprint density at radius 1 is 1.29 bits per heavy atom. The number of benzene rings is 1. The highest BCUT2D eigenvalue weighted by Gasteiger charge is 2.11. The molecular weight excluding hydrogens is 278 g/mol. The molecule has 0 bridgehead atoms. The molecule has 90 valence electrons. The molecule has 2 N–H and O–H groups in total. The molecule has 2 rings (SSSR count). The molecule has 0 saturated heterocycles. The molecule has 0 aliphatic carbocycles. The van der Waals surface area contributed by atoms with Gasteiger partial charge in [-0.1, -0.05) is 52.3 Å². The van der Waals surface area contributed by atoms with Gasteiger partial charge in [0.05, 0.1) is 6.10 Å². The van der Waals surface area contributed by atoms with Crippen LogP contribution in [-0.2, 0) is 0 Å². The maximum Gasteiger partial charge on any atom is 0.263 e. The predicted octanol–water partition coefficient (Wildman–Crippen LogP) is 2.97. The summed E-state index contributed by atoms with van der Waals surface area (Å²) in [5.41, 5.74) is 0.832. The minimum Gasteiger partial charge on any atom is -0.387 e. The van der Waals surface area contributed by atoms with E-state index >= 15 is 0 Å². The van der Waals surface area contributed by atoms with Crippen LogP contribution in [0.1, 0.15) is 11.7 Å². The van der Waals surface area contributed by atoms with Crippen LogP contribution in [0.4, 0.5) is 5.00 Å². The van der Waals surface area contributed by atoms with Crippen LogP contribution in [-0.4, -0.2) is 11.7 Å². The summed E-state index contributed by atoms with van der Waals surface area (Å²) in [4.78, 5) is 11.1. The fourth-order valence-corrected chi connectivity index (χ4v) is 3.77. The van der Waals surface area contributed by atoms with Crippen molar-refractivity contribution in [1.29, 1.82) is 0 Å². The Morgan fingerprint density at radius 3 is 2.59 bits per heavy atom. The second-order valence-corrected chi connectivity index (χ2v) is 5.89. The number of rotatable bonds is 4. The van der Waals surface area contributed by atoms with Gasteiger partial charge in [-0.15, -0.1) is 0 Å². The van der Waals surface area contributed by atoms with Gasteiger partial charge in [0.25, 0.3) is 4.74 Å². The number of aliphatic hydroxyl groups excluding tert-OH is 1. The van der Waals surface area contributed by atoms with Gasteiger partial charge in [-0.25, -0.2) is 0 Å². The number of halogens is 1. The van der Waals surface area contributed by atoms with Crippen LogP contribution in [0.3, 0.4) is 0 Å². The first kappa shape index (κ1) is 12.6. The Hall–Kier alpha value is -0.880. The van der Waals surface area contributed by atoms with Crippen molar-refractivity contribution in [2.45, 2.75) is 6.10 Å². The first-order valence-electron chi connectivity index (χ1n) is 4.94.